The summed E-state index contributed by atoms with van der Waals surface area (Å²) < 4.78 is 5.84. The first-order chi connectivity index (χ1) is 16.6. The van der Waals surface area contributed by atoms with Gasteiger partial charge in [-0.1, -0.05) is 95.3 Å². The van der Waals surface area contributed by atoms with E-state index in [-0.39, 0.29) is 5.12 Å². The first-order valence-electron chi connectivity index (χ1n) is 12.7. The zero-order valence-corrected chi connectivity index (χ0v) is 21.7. The molecule has 0 fully saturated rings. The highest BCUT2D eigenvalue weighted by Gasteiger charge is 2.14. The molecular weight excluding hydrogens is 436 g/mol. The quantitative estimate of drug-likeness (QED) is 0.182. The first-order valence-corrected chi connectivity index (χ1v) is 13.6. The molecule has 3 aromatic rings. The molecule has 3 heteroatoms. The number of unbranched alkanes of at least 4 members (excludes halogenated alkanes) is 4. The van der Waals surface area contributed by atoms with Gasteiger partial charge in [-0.25, -0.2) is 0 Å². The minimum atomic E-state index is 0.0591. The molecule has 1 unspecified atom stereocenters. The number of benzene rings is 3. The zero-order valence-electron chi connectivity index (χ0n) is 20.9. The Hall–Kier alpha value is -2.52. The summed E-state index contributed by atoms with van der Waals surface area (Å²) in [5.41, 5.74) is 4.20. The largest absolute Gasteiger partial charge is 0.493 e. The summed E-state index contributed by atoms with van der Waals surface area (Å²) in [6, 6.07) is 24.5. The summed E-state index contributed by atoms with van der Waals surface area (Å²) in [7, 11) is 0. The first kappa shape index (κ1) is 26.1. The Morgan fingerprint density at radius 1 is 0.853 bits per heavy atom. The Kier molecular flexibility index (Phi) is 10.8. The summed E-state index contributed by atoms with van der Waals surface area (Å²) in [6.07, 6.45) is 8.71. The lowest BCUT2D eigenvalue weighted by Gasteiger charge is -2.12. The van der Waals surface area contributed by atoms with E-state index in [0.29, 0.717) is 12.5 Å². The van der Waals surface area contributed by atoms with Gasteiger partial charge in [-0.3, -0.25) is 4.79 Å². The Bertz CT molecular complexity index is 1010. The van der Waals surface area contributed by atoms with Gasteiger partial charge >= 0.3 is 0 Å². The minimum Gasteiger partial charge on any atom is -0.493 e. The van der Waals surface area contributed by atoms with Crippen LogP contribution in [0.4, 0.5) is 0 Å². The van der Waals surface area contributed by atoms with Gasteiger partial charge in [0, 0.05) is 10.5 Å². The van der Waals surface area contributed by atoms with Gasteiger partial charge in [-0.2, -0.15) is 0 Å². The molecule has 0 heterocycles. The fraction of sp³-hybridized carbons (Fsp3) is 0.387. The van der Waals surface area contributed by atoms with Gasteiger partial charge in [0.05, 0.1) is 6.61 Å². The van der Waals surface area contributed by atoms with Crippen LogP contribution < -0.4 is 4.74 Å². The van der Waals surface area contributed by atoms with Crippen molar-refractivity contribution in [3.05, 3.63) is 83.9 Å². The Morgan fingerprint density at radius 3 is 2.26 bits per heavy atom. The van der Waals surface area contributed by atoms with E-state index in [1.165, 1.54) is 49.4 Å². The van der Waals surface area contributed by atoms with E-state index in [2.05, 4.69) is 45.0 Å². The number of thioether (sulfide) groups is 1. The highest BCUT2D eigenvalue weighted by atomic mass is 32.2. The van der Waals surface area contributed by atoms with Crippen molar-refractivity contribution in [1.82, 2.24) is 0 Å². The molecule has 0 spiro atoms. The lowest BCUT2D eigenvalue weighted by molar-refractivity contribution is 0.108. The van der Waals surface area contributed by atoms with E-state index in [4.69, 9.17) is 4.74 Å². The molecule has 3 aromatic carbocycles. The molecule has 3 rings (SSSR count). The number of hydrogen-bond donors (Lipinski definition) is 0. The van der Waals surface area contributed by atoms with Crippen LogP contribution in [0.2, 0.25) is 0 Å². The van der Waals surface area contributed by atoms with Gasteiger partial charge < -0.3 is 4.74 Å². The van der Waals surface area contributed by atoms with Gasteiger partial charge in [-0.05, 0) is 77.5 Å². The van der Waals surface area contributed by atoms with E-state index in [0.717, 1.165) is 40.2 Å². The smallest absolute Gasteiger partial charge is 0.224 e. The van der Waals surface area contributed by atoms with Crippen LogP contribution in [0.3, 0.4) is 0 Å². The second-order valence-corrected chi connectivity index (χ2v) is 10.1. The van der Waals surface area contributed by atoms with Crippen molar-refractivity contribution < 1.29 is 9.53 Å². The maximum absolute atomic E-state index is 13.2. The van der Waals surface area contributed by atoms with Crippen molar-refractivity contribution in [2.75, 3.05) is 6.61 Å². The van der Waals surface area contributed by atoms with Gasteiger partial charge in [0.15, 0.2) is 0 Å². The number of rotatable bonds is 13. The fourth-order valence-corrected chi connectivity index (χ4v) is 4.59. The van der Waals surface area contributed by atoms with Crippen LogP contribution in [0.25, 0.3) is 11.1 Å². The molecule has 0 aromatic heterocycles. The summed E-state index contributed by atoms with van der Waals surface area (Å²) in [5.74, 6) is 1.38. The standard InChI is InChI=1S/C31H38O2S/c1-4-6-7-8-9-12-25-15-17-26(18-16-25)29-13-10-11-14-30(29)31(32)34-28-21-19-27(20-22-28)33-23-24(3)5-2/h10-11,13-22,24H,4-9,12,23H2,1-3H3. The maximum Gasteiger partial charge on any atom is 0.224 e. The second-order valence-electron chi connectivity index (χ2n) is 9.09. The Labute approximate surface area is 210 Å². The average Bonchev–Trinajstić information content (AvgIpc) is 2.88. The third-order valence-corrected chi connectivity index (χ3v) is 7.16. The van der Waals surface area contributed by atoms with E-state index < -0.39 is 0 Å². The van der Waals surface area contributed by atoms with Crippen LogP contribution in [-0.2, 0) is 6.42 Å². The normalized spacial score (nSPS) is 11.9. The summed E-state index contributed by atoms with van der Waals surface area (Å²) in [5, 5.41) is 0.0591. The van der Waals surface area contributed by atoms with Crippen LogP contribution in [0.1, 0.15) is 75.2 Å². The predicted molar refractivity (Wildman–Crippen MR) is 146 cm³/mol. The highest BCUT2D eigenvalue weighted by Crippen LogP contribution is 2.31. The van der Waals surface area contributed by atoms with Crippen LogP contribution in [0.15, 0.2) is 77.7 Å². The molecule has 180 valence electrons. The molecule has 0 aliphatic heterocycles. The molecule has 0 N–H and O–H groups in total. The third kappa shape index (κ3) is 8.06. The van der Waals surface area contributed by atoms with Crippen molar-refractivity contribution in [1.29, 1.82) is 0 Å². The van der Waals surface area contributed by atoms with Crippen LogP contribution in [0.5, 0.6) is 5.75 Å². The highest BCUT2D eigenvalue weighted by molar-refractivity contribution is 8.14. The molecule has 0 radical (unpaired) electrons. The molecule has 34 heavy (non-hydrogen) atoms. The monoisotopic (exact) mass is 474 g/mol. The van der Waals surface area contributed by atoms with Crippen LogP contribution in [0, 0.1) is 5.92 Å². The molecule has 1 atom stereocenters. The third-order valence-electron chi connectivity index (χ3n) is 6.25. The minimum absolute atomic E-state index is 0.0591. The lowest BCUT2D eigenvalue weighted by Crippen LogP contribution is -2.07. The van der Waals surface area contributed by atoms with Crippen molar-refractivity contribution in [3.8, 4) is 16.9 Å². The molecule has 2 nitrogen and oxygen atoms in total. The summed E-state index contributed by atoms with van der Waals surface area (Å²) in [4.78, 5) is 14.1. The molecule has 0 saturated heterocycles. The van der Waals surface area contributed by atoms with Crippen molar-refractivity contribution in [2.24, 2.45) is 5.92 Å². The number of hydrogen-bond acceptors (Lipinski definition) is 3. The van der Waals surface area contributed by atoms with Gasteiger partial charge in [-0.15, -0.1) is 0 Å². The number of ether oxygens (including phenoxy) is 1. The number of carbonyl (C=O) groups is 1. The molecule has 0 aliphatic carbocycles. The van der Waals surface area contributed by atoms with Crippen LogP contribution >= 0.6 is 11.8 Å². The van der Waals surface area contributed by atoms with Gasteiger partial charge in [0.1, 0.15) is 5.75 Å². The van der Waals surface area contributed by atoms with E-state index in [1.54, 1.807) is 0 Å². The van der Waals surface area contributed by atoms with Gasteiger partial charge in [0.25, 0.3) is 0 Å². The molecule has 0 aliphatic rings. The molecule has 0 bridgehead atoms. The summed E-state index contributed by atoms with van der Waals surface area (Å²) in [6.45, 7) is 7.32. The topological polar surface area (TPSA) is 26.3 Å². The maximum atomic E-state index is 13.2. The van der Waals surface area contributed by atoms with Crippen molar-refractivity contribution in [3.63, 3.8) is 0 Å². The predicted octanol–water partition coefficient (Wildman–Crippen LogP) is 9.22. The van der Waals surface area contributed by atoms with E-state index in [1.807, 2.05) is 48.5 Å². The van der Waals surface area contributed by atoms with Gasteiger partial charge in [0.2, 0.25) is 5.12 Å². The lowest BCUT2D eigenvalue weighted by atomic mass is 9.98. The van der Waals surface area contributed by atoms with Crippen LogP contribution in [-0.4, -0.2) is 11.7 Å². The fourth-order valence-electron chi connectivity index (χ4n) is 3.82. The molecular formula is C31H38O2S. The van der Waals surface area contributed by atoms with Crippen molar-refractivity contribution >= 4 is 16.9 Å². The van der Waals surface area contributed by atoms with E-state index in [9.17, 15) is 4.79 Å². The average molecular weight is 475 g/mol. The SMILES string of the molecule is CCCCCCCc1ccc(-c2ccccc2C(=O)Sc2ccc(OCC(C)CC)cc2)cc1. The number of carbonyl (C=O) groups excluding carboxylic acids is 1. The molecule has 0 amide bonds. The van der Waals surface area contributed by atoms with Crippen molar-refractivity contribution in [2.45, 2.75) is 70.6 Å². The second kappa shape index (κ2) is 14.0. The zero-order chi connectivity index (χ0) is 24.2. The van der Waals surface area contributed by atoms with E-state index >= 15 is 0 Å². The summed E-state index contributed by atoms with van der Waals surface area (Å²) >= 11 is 1.27. The molecule has 0 saturated carbocycles. The Morgan fingerprint density at radius 2 is 1.56 bits per heavy atom. The Balaban J connectivity index is 1.62. The number of aryl methyl sites for hydroxylation is 1.